The third kappa shape index (κ3) is 4.40. The molecule has 5 heteroatoms. The minimum Gasteiger partial charge on any atom is -0.399 e. The molecule has 1 amide bonds. The molecule has 0 saturated heterocycles. The van der Waals surface area contributed by atoms with E-state index in [0.717, 1.165) is 11.1 Å². The van der Waals surface area contributed by atoms with Gasteiger partial charge in [-0.3, -0.25) is 4.79 Å². The number of hydrazone groups is 1. The number of nitrogens with zero attached hydrogens (tertiary/aromatic N) is 1. The predicted octanol–water partition coefficient (Wildman–Crippen LogP) is 2.62. The summed E-state index contributed by atoms with van der Waals surface area (Å²) in [5.41, 5.74) is 10.5. The van der Waals surface area contributed by atoms with Crippen LogP contribution >= 0.6 is 11.6 Å². The fourth-order valence-electron chi connectivity index (χ4n) is 1.59. The molecule has 0 spiro atoms. The van der Waals surface area contributed by atoms with Crippen molar-refractivity contribution in [2.75, 3.05) is 5.73 Å². The molecule has 0 heterocycles. The summed E-state index contributed by atoms with van der Waals surface area (Å²) in [6, 6.07) is 14.3. The van der Waals surface area contributed by atoms with E-state index in [4.69, 9.17) is 17.3 Å². The molecule has 0 aliphatic rings. The molecule has 0 aromatic heterocycles. The second-order valence-electron chi connectivity index (χ2n) is 4.26. The first-order chi connectivity index (χ1) is 9.63. The van der Waals surface area contributed by atoms with Crippen molar-refractivity contribution in [1.82, 2.24) is 5.43 Å². The van der Waals surface area contributed by atoms with Gasteiger partial charge in [-0.15, -0.1) is 0 Å². The second kappa shape index (κ2) is 6.73. The van der Waals surface area contributed by atoms with Gasteiger partial charge in [-0.2, -0.15) is 5.10 Å². The highest BCUT2D eigenvalue weighted by molar-refractivity contribution is 6.30. The fraction of sp³-hybridized carbons (Fsp3) is 0.0667. The van der Waals surface area contributed by atoms with Gasteiger partial charge in [0.05, 0.1) is 12.6 Å². The molecule has 0 saturated carbocycles. The van der Waals surface area contributed by atoms with Gasteiger partial charge in [-0.1, -0.05) is 35.9 Å². The summed E-state index contributed by atoms with van der Waals surface area (Å²) in [5.74, 6) is -0.181. The monoisotopic (exact) mass is 287 g/mol. The van der Waals surface area contributed by atoms with Crippen molar-refractivity contribution >= 4 is 29.4 Å². The smallest absolute Gasteiger partial charge is 0.244 e. The van der Waals surface area contributed by atoms with Crippen molar-refractivity contribution in [3.8, 4) is 0 Å². The lowest BCUT2D eigenvalue weighted by molar-refractivity contribution is -0.120. The highest BCUT2D eigenvalue weighted by Crippen LogP contribution is 2.08. The Bertz CT molecular complexity index is 606. The van der Waals surface area contributed by atoms with E-state index >= 15 is 0 Å². The van der Waals surface area contributed by atoms with Gasteiger partial charge in [0.15, 0.2) is 0 Å². The molecule has 2 aromatic rings. The molecule has 0 radical (unpaired) electrons. The Labute approximate surface area is 122 Å². The van der Waals surface area contributed by atoms with E-state index in [-0.39, 0.29) is 12.3 Å². The minimum atomic E-state index is -0.181. The van der Waals surface area contributed by atoms with Gasteiger partial charge in [-0.05, 0) is 35.4 Å². The molecule has 0 aliphatic heterocycles. The summed E-state index contributed by atoms with van der Waals surface area (Å²) in [5, 5.41) is 4.55. The first-order valence-electron chi connectivity index (χ1n) is 6.05. The molecule has 102 valence electrons. The summed E-state index contributed by atoms with van der Waals surface area (Å²) >= 11 is 5.77. The van der Waals surface area contributed by atoms with Gasteiger partial charge >= 0.3 is 0 Å². The lowest BCUT2D eigenvalue weighted by Gasteiger charge is -2.01. The number of rotatable bonds is 4. The maximum Gasteiger partial charge on any atom is 0.244 e. The number of halogens is 1. The quantitative estimate of drug-likeness (QED) is 0.516. The molecule has 20 heavy (non-hydrogen) atoms. The van der Waals surface area contributed by atoms with E-state index in [0.29, 0.717) is 10.7 Å². The number of carbonyl (C=O) groups excluding carboxylic acids is 1. The first kappa shape index (κ1) is 14.1. The highest BCUT2D eigenvalue weighted by Gasteiger charge is 2.01. The Morgan fingerprint density at radius 3 is 2.45 bits per heavy atom. The van der Waals surface area contributed by atoms with Gasteiger partial charge < -0.3 is 5.73 Å². The zero-order valence-corrected chi connectivity index (χ0v) is 11.5. The summed E-state index contributed by atoms with van der Waals surface area (Å²) in [7, 11) is 0. The topological polar surface area (TPSA) is 67.5 Å². The van der Waals surface area contributed by atoms with Crippen LogP contribution in [-0.4, -0.2) is 12.1 Å². The second-order valence-corrected chi connectivity index (χ2v) is 4.70. The number of amides is 1. The van der Waals surface area contributed by atoms with Crippen LogP contribution in [0.3, 0.4) is 0 Å². The van der Waals surface area contributed by atoms with E-state index in [9.17, 15) is 4.79 Å². The van der Waals surface area contributed by atoms with E-state index in [1.165, 1.54) is 0 Å². The lowest BCUT2D eigenvalue weighted by Crippen LogP contribution is -2.19. The van der Waals surface area contributed by atoms with Crippen molar-refractivity contribution in [2.45, 2.75) is 6.42 Å². The van der Waals surface area contributed by atoms with Gasteiger partial charge in [0.25, 0.3) is 0 Å². The molecule has 0 aliphatic carbocycles. The number of nitrogens with one attached hydrogen (secondary N) is 1. The minimum absolute atomic E-state index is 0.181. The molecule has 2 aromatic carbocycles. The number of hydrogen-bond donors (Lipinski definition) is 2. The van der Waals surface area contributed by atoms with Crippen LogP contribution in [-0.2, 0) is 11.2 Å². The SMILES string of the molecule is Nc1ccc(CC(=O)N/N=C\c2ccc(Cl)cc2)cc1. The Morgan fingerprint density at radius 2 is 1.80 bits per heavy atom. The van der Waals surface area contributed by atoms with E-state index in [2.05, 4.69) is 10.5 Å². The van der Waals surface area contributed by atoms with Crippen LogP contribution in [0.25, 0.3) is 0 Å². The van der Waals surface area contributed by atoms with Gasteiger partial charge in [0.1, 0.15) is 0 Å². The first-order valence-corrected chi connectivity index (χ1v) is 6.43. The van der Waals surface area contributed by atoms with Crippen LogP contribution in [0.2, 0.25) is 5.02 Å². The normalized spacial score (nSPS) is 10.7. The molecule has 4 nitrogen and oxygen atoms in total. The van der Waals surface area contributed by atoms with Crippen LogP contribution < -0.4 is 11.2 Å². The Hall–Kier alpha value is -2.33. The van der Waals surface area contributed by atoms with Crippen LogP contribution in [0.4, 0.5) is 5.69 Å². The van der Waals surface area contributed by atoms with Crippen LogP contribution in [0.5, 0.6) is 0 Å². The third-order valence-electron chi connectivity index (χ3n) is 2.62. The number of hydrogen-bond acceptors (Lipinski definition) is 3. The molecular weight excluding hydrogens is 274 g/mol. The maximum atomic E-state index is 11.7. The Morgan fingerprint density at radius 1 is 1.15 bits per heavy atom. The van der Waals surface area contributed by atoms with Crippen LogP contribution in [0.15, 0.2) is 53.6 Å². The van der Waals surface area contributed by atoms with Crippen molar-refractivity contribution < 1.29 is 4.79 Å². The average Bonchev–Trinajstić information content (AvgIpc) is 2.44. The summed E-state index contributed by atoms with van der Waals surface area (Å²) in [6.45, 7) is 0. The number of nitrogen functional groups attached to an aromatic ring is 1. The van der Waals surface area contributed by atoms with Crippen molar-refractivity contribution in [2.24, 2.45) is 5.10 Å². The van der Waals surface area contributed by atoms with Crippen molar-refractivity contribution in [3.05, 3.63) is 64.7 Å². The molecule has 0 fully saturated rings. The summed E-state index contributed by atoms with van der Waals surface area (Å²) in [4.78, 5) is 11.7. The Balaban J connectivity index is 1.85. The van der Waals surface area contributed by atoms with E-state index < -0.39 is 0 Å². The fourth-order valence-corrected chi connectivity index (χ4v) is 1.71. The molecule has 3 N–H and O–H groups in total. The largest absolute Gasteiger partial charge is 0.399 e. The van der Waals surface area contributed by atoms with Gasteiger partial charge in [0.2, 0.25) is 5.91 Å². The van der Waals surface area contributed by atoms with E-state index in [1.54, 1.807) is 30.5 Å². The van der Waals surface area contributed by atoms with Gasteiger partial charge in [-0.25, -0.2) is 5.43 Å². The number of benzene rings is 2. The molecular formula is C15H14ClN3O. The number of nitrogens with two attached hydrogens (primary N) is 1. The predicted molar refractivity (Wildman–Crippen MR) is 81.7 cm³/mol. The summed E-state index contributed by atoms with van der Waals surface area (Å²) in [6.07, 6.45) is 1.83. The number of anilines is 1. The lowest BCUT2D eigenvalue weighted by atomic mass is 10.1. The number of carbonyl (C=O) groups is 1. The Kier molecular flexibility index (Phi) is 4.74. The molecule has 0 bridgehead atoms. The van der Waals surface area contributed by atoms with Crippen molar-refractivity contribution in [1.29, 1.82) is 0 Å². The zero-order chi connectivity index (χ0) is 14.4. The molecule has 0 atom stereocenters. The maximum absolute atomic E-state index is 11.7. The van der Waals surface area contributed by atoms with Crippen LogP contribution in [0, 0.1) is 0 Å². The van der Waals surface area contributed by atoms with Gasteiger partial charge in [0, 0.05) is 10.7 Å². The zero-order valence-electron chi connectivity index (χ0n) is 10.7. The van der Waals surface area contributed by atoms with Crippen LogP contribution in [0.1, 0.15) is 11.1 Å². The van der Waals surface area contributed by atoms with Crippen molar-refractivity contribution in [3.63, 3.8) is 0 Å². The molecule has 0 unspecified atom stereocenters. The average molecular weight is 288 g/mol. The standard InChI is InChI=1S/C15H14ClN3O/c16-13-5-1-12(2-6-13)10-18-19-15(20)9-11-3-7-14(17)8-4-11/h1-8,10H,9,17H2,(H,19,20)/b18-10-. The summed E-state index contributed by atoms with van der Waals surface area (Å²) < 4.78 is 0. The van der Waals surface area contributed by atoms with E-state index in [1.807, 2.05) is 24.3 Å². The third-order valence-corrected chi connectivity index (χ3v) is 2.87. The highest BCUT2D eigenvalue weighted by atomic mass is 35.5. The molecule has 2 rings (SSSR count).